The summed E-state index contributed by atoms with van der Waals surface area (Å²) >= 11 is 0. The molecule has 2 aromatic heterocycles. The van der Waals surface area contributed by atoms with Gasteiger partial charge in [-0.15, -0.1) is 0 Å². The van der Waals surface area contributed by atoms with Gasteiger partial charge in [0.15, 0.2) is 0 Å². The fourth-order valence-corrected chi connectivity index (χ4v) is 4.24. The Kier molecular flexibility index (Phi) is 2.13. The van der Waals surface area contributed by atoms with Crippen LogP contribution in [0.4, 0.5) is 0 Å². The zero-order valence-electron chi connectivity index (χ0n) is 13.1. The number of aromatic nitrogens is 2. The standard InChI is InChI=1S/C20H13N3O2/c24-9-5-6-11-14(7-9)23-19-16(11)17-12(8-21-20(17)25)15-10-3-1-2-4-13(10)22-18(15)19/h1-7,22-24H,8H2,(H,21,25). The van der Waals surface area contributed by atoms with E-state index in [0.29, 0.717) is 6.54 Å². The van der Waals surface area contributed by atoms with Gasteiger partial charge in [-0.25, -0.2) is 0 Å². The number of benzene rings is 3. The van der Waals surface area contributed by atoms with Gasteiger partial charge in [-0.05, 0) is 23.8 Å². The van der Waals surface area contributed by atoms with Crippen LogP contribution in [0.5, 0.6) is 5.75 Å². The summed E-state index contributed by atoms with van der Waals surface area (Å²) < 4.78 is 0. The summed E-state index contributed by atoms with van der Waals surface area (Å²) in [6, 6.07) is 13.4. The average Bonchev–Trinajstić information content (AvgIpc) is 3.27. The first-order chi connectivity index (χ1) is 12.2. The van der Waals surface area contributed by atoms with Gasteiger partial charge in [-0.3, -0.25) is 4.79 Å². The summed E-state index contributed by atoms with van der Waals surface area (Å²) in [5.41, 5.74) is 5.56. The first-order valence-corrected chi connectivity index (χ1v) is 8.20. The molecular formula is C20H13N3O2. The molecule has 25 heavy (non-hydrogen) atoms. The molecule has 1 aliphatic rings. The minimum absolute atomic E-state index is 0.0406. The Balaban J connectivity index is 1.98. The number of fused-ring (bicyclic) bond motifs is 10. The molecule has 5 heteroatoms. The number of nitrogens with one attached hydrogen (secondary N) is 3. The van der Waals surface area contributed by atoms with E-state index in [1.807, 2.05) is 24.3 Å². The van der Waals surface area contributed by atoms with Crippen molar-refractivity contribution in [1.82, 2.24) is 15.3 Å². The van der Waals surface area contributed by atoms with Gasteiger partial charge >= 0.3 is 0 Å². The second-order valence-corrected chi connectivity index (χ2v) is 6.56. The topological polar surface area (TPSA) is 80.9 Å². The Morgan fingerprint density at radius 2 is 1.64 bits per heavy atom. The van der Waals surface area contributed by atoms with Crippen molar-refractivity contribution in [3.63, 3.8) is 0 Å². The molecule has 3 heterocycles. The number of carbonyl (C=O) groups is 1. The highest BCUT2D eigenvalue weighted by atomic mass is 16.3. The Morgan fingerprint density at radius 1 is 0.880 bits per heavy atom. The Morgan fingerprint density at radius 3 is 2.56 bits per heavy atom. The van der Waals surface area contributed by atoms with Gasteiger partial charge in [0.05, 0.1) is 22.1 Å². The van der Waals surface area contributed by atoms with E-state index in [1.54, 1.807) is 12.1 Å². The van der Waals surface area contributed by atoms with Crippen LogP contribution in [0.15, 0.2) is 42.5 Å². The number of para-hydroxylation sites is 1. The van der Waals surface area contributed by atoms with E-state index < -0.39 is 0 Å². The van der Waals surface area contributed by atoms with Crippen molar-refractivity contribution in [1.29, 1.82) is 0 Å². The lowest BCUT2D eigenvalue weighted by molar-refractivity contribution is 0.0967. The summed E-state index contributed by atoms with van der Waals surface area (Å²) in [5.74, 6) is 0.161. The first kappa shape index (κ1) is 12.9. The summed E-state index contributed by atoms with van der Waals surface area (Å²) in [5, 5.41) is 16.9. The quantitative estimate of drug-likeness (QED) is 0.348. The van der Waals surface area contributed by atoms with Crippen molar-refractivity contribution in [2.24, 2.45) is 0 Å². The molecule has 0 saturated heterocycles. The van der Waals surface area contributed by atoms with Crippen LogP contribution >= 0.6 is 0 Å². The monoisotopic (exact) mass is 327 g/mol. The highest BCUT2D eigenvalue weighted by molar-refractivity contribution is 6.30. The van der Waals surface area contributed by atoms with Crippen LogP contribution in [0.1, 0.15) is 15.9 Å². The molecule has 6 rings (SSSR count). The third kappa shape index (κ3) is 1.46. The third-order valence-corrected chi connectivity index (χ3v) is 5.24. The van der Waals surface area contributed by atoms with Gasteiger partial charge in [-0.1, -0.05) is 18.2 Å². The Hall–Kier alpha value is -3.47. The number of hydrogen-bond donors (Lipinski definition) is 4. The summed E-state index contributed by atoms with van der Waals surface area (Å²) in [6.07, 6.45) is 0. The number of hydrogen-bond acceptors (Lipinski definition) is 2. The molecule has 0 radical (unpaired) electrons. The molecule has 0 saturated carbocycles. The summed E-state index contributed by atoms with van der Waals surface area (Å²) in [4.78, 5) is 19.5. The Labute approximate surface area is 141 Å². The largest absolute Gasteiger partial charge is 0.508 e. The molecule has 1 amide bonds. The molecule has 0 spiro atoms. The lowest BCUT2D eigenvalue weighted by Gasteiger charge is -2.03. The van der Waals surface area contributed by atoms with Gasteiger partial charge in [0.2, 0.25) is 0 Å². The van der Waals surface area contributed by atoms with Crippen LogP contribution in [-0.4, -0.2) is 21.0 Å². The zero-order valence-corrected chi connectivity index (χ0v) is 13.1. The third-order valence-electron chi connectivity index (χ3n) is 5.24. The Bertz CT molecular complexity index is 1370. The number of aromatic hydroxyl groups is 1. The second-order valence-electron chi connectivity index (χ2n) is 6.56. The van der Waals surface area contributed by atoms with Gasteiger partial charge in [0, 0.05) is 39.7 Å². The summed E-state index contributed by atoms with van der Waals surface area (Å²) in [6.45, 7) is 0.535. The second kappa shape index (κ2) is 4.13. The van der Waals surface area contributed by atoms with E-state index in [2.05, 4.69) is 21.4 Å². The molecular weight excluding hydrogens is 314 g/mol. The van der Waals surface area contributed by atoms with Crippen LogP contribution in [0.25, 0.3) is 43.6 Å². The summed E-state index contributed by atoms with van der Waals surface area (Å²) in [7, 11) is 0. The lowest BCUT2D eigenvalue weighted by Crippen LogP contribution is -2.12. The fraction of sp³-hybridized carbons (Fsp3) is 0.0500. The number of aromatic amines is 2. The minimum Gasteiger partial charge on any atom is -0.508 e. The van der Waals surface area contributed by atoms with E-state index in [0.717, 1.165) is 54.7 Å². The van der Waals surface area contributed by atoms with Gasteiger partial charge in [0.1, 0.15) is 5.75 Å². The average molecular weight is 327 g/mol. The van der Waals surface area contributed by atoms with Crippen molar-refractivity contribution in [2.45, 2.75) is 6.54 Å². The SMILES string of the molecule is O=C1NCc2c1c1c3ccc(O)cc3[nH]c1c1[nH]c3ccccc3c21. The lowest BCUT2D eigenvalue weighted by atomic mass is 9.97. The van der Waals surface area contributed by atoms with Gasteiger partial charge in [0.25, 0.3) is 5.91 Å². The number of carbonyl (C=O) groups excluding carboxylic acids is 1. The van der Waals surface area contributed by atoms with E-state index in [1.165, 1.54) is 0 Å². The molecule has 3 aromatic carbocycles. The van der Waals surface area contributed by atoms with Crippen molar-refractivity contribution >= 4 is 49.5 Å². The highest BCUT2D eigenvalue weighted by Crippen LogP contribution is 2.42. The van der Waals surface area contributed by atoms with Crippen LogP contribution in [0.2, 0.25) is 0 Å². The maximum absolute atomic E-state index is 12.6. The van der Waals surface area contributed by atoms with Crippen molar-refractivity contribution in [3.05, 3.63) is 53.6 Å². The molecule has 5 aromatic rings. The van der Waals surface area contributed by atoms with Crippen LogP contribution in [0, 0.1) is 0 Å². The maximum Gasteiger partial charge on any atom is 0.252 e. The van der Waals surface area contributed by atoms with Crippen LogP contribution < -0.4 is 5.32 Å². The van der Waals surface area contributed by atoms with Gasteiger partial charge < -0.3 is 20.4 Å². The minimum atomic E-state index is -0.0406. The van der Waals surface area contributed by atoms with E-state index in [-0.39, 0.29) is 11.7 Å². The van der Waals surface area contributed by atoms with E-state index in [9.17, 15) is 9.90 Å². The van der Waals surface area contributed by atoms with Crippen LogP contribution in [-0.2, 0) is 6.54 Å². The highest BCUT2D eigenvalue weighted by Gasteiger charge is 2.29. The van der Waals surface area contributed by atoms with Crippen molar-refractivity contribution in [3.8, 4) is 5.75 Å². The molecule has 120 valence electrons. The first-order valence-electron chi connectivity index (χ1n) is 8.20. The molecule has 0 unspecified atom stereocenters. The number of H-pyrrole nitrogens is 2. The smallest absolute Gasteiger partial charge is 0.252 e. The molecule has 0 atom stereocenters. The number of amides is 1. The molecule has 0 aliphatic carbocycles. The van der Waals surface area contributed by atoms with Crippen molar-refractivity contribution < 1.29 is 9.90 Å². The fourth-order valence-electron chi connectivity index (χ4n) is 4.24. The number of rotatable bonds is 0. The van der Waals surface area contributed by atoms with E-state index in [4.69, 9.17) is 0 Å². The molecule has 0 fully saturated rings. The molecule has 4 N–H and O–H groups in total. The van der Waals surface area contributed by atoms with Crippen molar-refractivity contribution in [2.75, 3.05) is 0 Å². The molecule has 5 nitrogen and oxygen atoms in total. The normalized spacial score (nSPS) is 14.0. The zero-order chi connectivity index (χ0) is 16.7. The maximum atomic E-state index is 12.6. The molecule has 1 aliphatic heterocycles. The molecule has 0 bridgehead atoms. The van der Waals surface area contributed by atoms with Crippen LogP contribution in [0.3, 0.4) is 0 Å². The number of phenolic OH excluding ortho intramolecular Hbond substituents is 1. The van der Waals surface area contributed by atoms with Gasteiger partial charge in [-0.2, -0.15) is 0 Å². The predicted octanol–water partition coefficient (Wildman–Crippen LogP) is 3.90. The number of phenols is 1. The predicted molar refractivity (Wildman–Crippen MR) is 98.0 cm³/mol. The van der Waals surface area contributed by atoms with E-state index >= 15 is 0 Å².